The van der Waals surface area contributed by atoms with Crippen LogP contribution in [0.25, 0.3) is 0 Å². The third-order valence-corrected chi connectivity index (χ3v) is 3.14. The lowest BCUT2D eigenvalue weighted by atomic mass is 10.1. The molecule has 1 aliphatic heterocycles. The van der Waals surface area contributed by atoms with E-state index in [9.17, 15) is 9.59 Å². The molecule has 0 bridgehead atoms. The first-order valence-corrected chi connectivity index (χ1v) is 6.63. The zero-order valence-electron chi connectivity index (χ0n) is 11.6. The van der Waals surface area contributed by atoms with Gasteiger partial charge in [-0.3, -0.25) is 14.5 Å². The first-order valence-electron chi connectivity index (χ1n) is 6.63. The van der Waals surface area contributed by atoms with Gasteiger partial charge < -0.3 is 15.4 Å². The van der Waals surface area contributed by atoms with E-state index in [2.05, 4.69) is 17.2 Å². The predicted molar refractivity (Wildman–Crippen MR) is 72.7 cm³/mol. The Hall–Kier alpha value is -1.40. The average molecular weight is 269 g/mol. The number of rotatable bonds is 6. The molecule has 2 atom stereocenters. The van der Waals surface area contributed by atoms with Gasteiger partial charge in [0.1, 0.15) is 6.04 Å². The largest absolute Gasteiger partial charge is 0.465 e. The first kappa shape index (κ1) is 15.7. The standard InChI is InChI=1S/C13H23N3O3/c1-4-6-15-12(17)10(3)16-8-7-14-9-11(16)13(18)19-5-2/h4,10-11,14H,1,5-9H2,2-3H3,(H,15,17). The van der Waals surface area contributed by atoms with Crippen molar-refractivity contribution in [1.82, 2.24) is 15.5 Å². The van der Waals surface area contributed by atoms with Gasteiger partial charge in [0.2, 0.25) is 5.91 Å². The van der Waals surface area contributed by atoms with E-state index >= 15 is 0 Å². The summed E-state index contributed by atoms with van der Waals surface area (Å²) in [5, 5.41) is 5.90. The van der Waals surface area contributed by atoms with Gasteiger partial charge in [0.25, 0.3) is 0 Å². The Morgan fingerprint density at radius 1 is 1.63 bits per heavy atom. The summed E-state index contributed by atoms with van der Waals surface area (Å²) in [4.78, 5) is 25.7. The van der Waals surface area contributed by atoms with Crippen molar-refractivity contribution in [2.75, 3.05) is 32.8 Å². The predicted octanol–water partition coefficient (Wildman–Crippen LogP) is -0.486. The number of amides is 1. The minimum absolute atomic E-state index is 0.101. The average Bonchev–Trinajstić information content (AvgIpc) is 2.44. The molecular formula is C13H23N3O3. The SMILES string of the molecule is C=CCNC(=O)C(C)N1CCNCC1C(=O)OCC. The number of piperazine rings is 1. The highest BCUT2D eigenvalue weighted by Crippen LogP contribution is 2.10. The number of carbonyl (C=O) groups excluding carboxylic acids is 2. The minimum atomic E-state index is -0.404. The highest BCUT2D eigenvalue weighted by atomic mass is 16.5. The van der Waals surface area contributed by atoms with Crippen LogP contribution in [-0.2, 0) is 14.3 Å². The summed E-state index contributed by atoms with van der Waals surface area (Å²) in [6.07, 6.45) is 1.63. The van der Waals surface area contributed by atoms with E-state index in [1.165, 1.54) is 0 Å². The molecule has 2 unspecified atom stereocenters. The van der Waals surface area contributed by atoms with Crippen LogP contribution in [0.3, 0.4) is 0 Å². The quantitative estimate of drug-likeness (QED) is 0.503. The molecule has 0 aromatic heterocycles. The maximum atomic E-state index is 12.0. The molecular weight excluding hydrogens is 246 g/mol. The van der Waals surface area contributed by atoms with E-state index in [0.717, 1.165) is 6.54 Å². The van der Waals surface area contributed by atoms with Crippen molar-refractivity contribution in [3.05, 3.63) is 12.7 Å². The zero-order chi connectivity index (χ0) is 14.3. The van der Waals surface area contributed by atoms with E-state index in [1.54, 1.807) is 19.9 Å². The number of nitrogens with zero attached hydrogens (tertiary/aromatic N) is 1. The van der Waals surface area contributed by atoms with E-state index in [1.807, 2.05) is 4.90 Å². The smallest absolute Gasteiger partial charge is 0.324 e. The molecule has 1 fully saturated rings. The van der Waals surface area contributed by atoms with Gasteiger partial charge in [-0.1, -0.05) is 6.08 Å². The Labute approximate surface area is 114 Å². The molecule has 6 nitrogen and oxygen atoms in total. The highest BCUT2D eigenvalue weighted by molar-refractivity contribution is 5.83. The molecule has 0 spiro atoms. The molecule has 2 N–H and O–H groups in total. The highest BCUT2D eigenvalue weighted by Gasteiger charge is 2.35. The van der Waals surface area contributed by atoms with Crippen LogP contribution in [0.15, 0.2) is 12.7 Å². The summed E-state index contributed by atoms with van der Waals surface area (Å²) in [6.45, 7) is 9.83. The van der Waals surface area contributed by atoms with Gasteiger partial charge >= 0.3 is 5.97 Å². The Morgan fingerprint density at radius 2 is 2.37 bits per heavy atom. The van der Waals surface area contributed by atoms with Crippen LogP contribution >= 0.6 is 0 Å². The van der Waals surface area contributed by atoms with Gasteiger partial charge in [-0.25, -0.2) is 0 Å². The van der Waals surface area contributed by atoms with Crippen molar-refractivity contribution in [3.63, 3.8) is 0 Å². The van der Waals surface area contributed by atoms with Crippen molar-refractivity contribution in [2.24, 2.45) is 0 Å². The lowest BCUT2D eigenvalue weighted by Gasteiger charge is -2.37. The van der Waals surface area contributed by atoms with Crippen LogP contribution in [0.1, 0.15) is 13.8 Å². The number of carbonyl (C=O) groups is 2. The van der Waals surface area contributed by atoms with Gasteiger partial charge in [0, 0.05) is 26.2 Å². The summed E-state index contributed by atoms with van der Waals surface area (Å²) in [5.74, 6) is -0.380. The minimum Gasteiger partial charge on any atom is -0.465 e. The molecule has 0 saturated carbocycles. The van der Waals surface area contributed by atoms with Crippen LogP contribution in [0.5, 0.6) is 0 Å². The fourth-order valence-corrected chi connectivity index (χ4v) is 2.11. The zero-order valence-corrected chi connectivity index (χ0v) is 11.6. The third-order valence-electron chi connectivity index (χ3n) is 3.14. The summed E-state index contributed by atoms with van der Waals surface area (Å²) in [5.41, 5.74) is 0. The molecule has 108 valence electrons. The number of hydrogen-bond donors (Lipinski definition) is 2. The molecule has 1 heterocycles. The van der Waals surface area contributed by atoms with Gasteiger partial charge in [0.15, 0.2) is 0 Å². The molecule has 0 aliphatic carbocycles. The molecule has 1 rings (SSSR count). The van der Waals surface area contributed by atoms with Crippen molar-refractivity contribution in [1.29, 1.82) is 0 Å². The lowest BCUT2D eigenvalue weighted by Crippen LogP contribution is -2.61. The second-order valence-corrected chi connectivity index (χ2v) is 4.42. The number of nitrogens with one attached hydrogen (secondary N) is 2. The first-order chi connectivity index (χ1) is 9.11. The Kier molecular flexibility index (Phi) is 6.52. The topological polar surface area (TPSA) is 70.7 Å². The van der Waals surface area contributed by atoms with E-state index in [-0.39, 0.29) is 17.9 Å². The Morgan fingerprint density at radius 3 is 3.00 bits per heavy atom. The van der Waals surface area contributed by atoms with Crippen molar-refractivity contribution in [3.8, 4) is 0 Å². The van der Waals surface area contributed by atoms with Crippen LogP contribution in [0, 0.1) is 0 Å². The summed E-state index contributed by atoms with van der Waals surface area (Å²) in [7, 11) is 0. The van der Waals surface area contributed by atoms with E-state index in [0.29, 0.717) is 26.2 Å². The second kappa shape index (κ2) is 7.91. The monoisotopic (exact) mass is 269 g/mol. The van der Waals surface area contributed by atoms with E-state index < -0.39 is 6.04 Å². The fourth-order valence-electron chi connectivity index (χ4n) is 2.11. The molecule has 19 heavy (non-hydrogen) atoms. The van der Waals surface area contributed by atoms with Gasteiger partial charge in [0.05, 0.1) is 12.6 Å². The number of ether oxygens (including phenoxy) is 1. The second-order valence-electron chi connectivity index (χ2n) is 4.42. The fraction of sp³-hybridized carbons (Fsp3) is 0.692. The molecule has 0 aromatic carbocycles. The van der Waals surface area contributed by atoms with Crippen LogP contribution in [0.2, 0.25) is 0 Å². The molecule has 6 heteroatoms. The summed E-state index contributed by atoms with van der Waals surface area (Å²) in [6, 6.07) is -0.769. The summed E-state index contributed by atoms with van der Waals surface area (Å²) < 4.78 is 5.05. The Balaban J connectivity index is 2.67. The van der Waals surface area contributed by atoms with Crippen molar-refractivity contribution < 1.29 is 14.3 Å². The number of esters is 1. The lowest BCUT2D eigenvalue weighted by molar-refractivity contribution is -0.152. The van der Waals surface area contributed by atoms with Gasteiger partial charge in [-0.05, 0) is 13.8 Å². The molecule has 1 amide bonds. The van der Waals surface area contributed by atoms with Crippen LogP contribution in [0.4, 0.5) is 0 Å². The normalized spacial score (nSPS) is 21.5. The van der Waals surface area contributed by atoms with Gasteiger partial charge in [-0.15, -0.1) is 6.58 Å². The van der Waals surface area contributed by atoms with Crippen molar-refractivity contribution >= 4 is 11.9 Å². The van der Waals surface area contributed by atoms with Gasteiger partial charge in [-0.2, -0.15) is 0 Å². The summed E-state index contributed by atoms with van der Waals surface area (Å²) >= 11 is 0. The van der Waals surface area contributed by atoms with Crippen LogP contribution < -0.4 is 10.6 Å². The number of hydrogen-bond acceptors (Lipinski definition) is 5. The van der Waals surface area contributed by atoms with Crippen LogP contribution in [-0.4, -0.2) is 61.6 Å². The molecule has 0 radical (unpaired) electrons. The third kappa shape index (κ3) is 4.33. The molecule has 1 aliphatic rings. The Bertz CT molecular complexity index is 333. The maximum Gasteiger partial charge on any atom is 0.324 e. The maximum absolute atomic E-state index is 12.0. The molecule has 0 aromatic rings. The van der Waals surface area contributed by atoms with Crippen molar-refractivity contribution in [2.45, 2.75) is 25.9 Å². The van der Waals surface area contributed by atoms with E-state index in [4.69, 9.17) is 4.74 Å². The molecule has 1 saturated heterocycles.